The van der Waals surface area contributed by atoms with Crippen LogP contribution < -0.4 is 10.1 Å². The van der Waals surface area contributed by atoms with Gasteiger partial charge in [0, 0.05) is 11.6 Å². The zero-order valence-electron chi connectivity index (χ0n) is 14.2. The molecule has 0 aliphatic carbocycles. The highest BCUT2D eigenvalue weighted by molar-refractivity contribution is 9.10. The van der Waals surface area contributed by atoms with Crippen LogP contribution in [-0.4, -0.2) is 17.4 Å². The van der Waals surface area contributed by atoms with Gasteiger partial charge in [-0.3, -0.25) is 14.9 Å². The molecular formula is C18H19BrN2O4. The molecule has 2 aromatic carbocycles. The maximum absolute atomic E-state index is 12.4. The topological polar surface area (TPSA) is 81.5 Å². The predicted octanol–water partition coefficient (Wildman–Crippen LogP) is 4.95. The summed E-state index contributed by atoms with van der Waals surface area (Å²) in [4.78, 5) is 23.0. The van der Waals surface area contributed by atoms with Gasteiger partial charge < -0.3 is 10.1 Å². The first-order chi connectivity index (χ1) is 11.8. The first kappa shape index (κ1) is 18.9. The van der Waals surface area contributed by atoms with Gasteiger partial charge in [-0.1, -0.05) is 19.9 Å². The SMILES string of the molecule is Cc1ccc(NC(=O)c2ccc(OCC(C)C)c(Br)c2)c([N+](=O)[O-])c1. The number of halogens is 1. The van der Waals surface area contributed by atoms with Crippen molar-refractivity contribution < 1.29 is 14.5 Å². The lowest BCUT2D eigenvalue weighted by Gasteiger charge is -2.12. The summed E-state index contributed by atoms with van der Waals surface area (Å²) in [6.45, 7) is 6.42. The van der Waals surface area contributed by atoms with E-state index >= 15 is 0 Å². The van der Waals surface area contributed by atoms with Gasteiger partial charge in [0.05, 0.1) is 16.0 Å². The molecule has 0 fully saturated rings. The van der Waals surface area contributed by atoms with Crippen LogP contribution in [0.1, 0.15) is 29.8 Å². The Bertz CT molecular complexity index is 806. The smallest absolute Gasteiger partial charge is 0.293 e. The summed E-state index contributed by atoms with van der Waals surface area (Å²) in [5, 5.41) is 13.7. The maximum Gasteiger partial charge on any atom is 0.293 e. The average molecular weight is 407 g/mol. The molecule has 0 aromatic heterocycles. The van der Waals surface area contributed by atoms with Crippen LogP contribution in [0.25, 0.3) is 0 Å². The van der Waals surface area contributed by atoms with Crippen LogP contribution in [0.3, 0.4) is 0 Å². The van der Waals surface area contributed by atoms with Gasteiger partial charge in [-0.15, -0.1) is 0 Å². The van der Waals surface area contributed by atoms with E-state index in [1.807, 2.05) is 13.8 Å². The van der Waals surface area contributed by atoms with Crippen molar-refractivity contribution in [2.45, 2.75) is 20.8 Å². The average Bonchev–Trinajstić information content (AvgIpc) is 2.54. The number of ether oxygens (including phenoxy) is 1. The quantitative estimate of drug-likeness (QED) is 0.543. The molecule has 0 spiro atoms. The van der Waals surface area contributed by atoms with Crippen molar-refractivity contribution in [2.24, 2.45) is 5.92 Å². The molecule has 0 saturated heterocycles. The van der Waals surface area contributed by atoms with E-state index in [-0.39, 0.29) is 11.4 Å². The summed E-state index contributed by atoms with van der Waals surface area (Å²) in [5.41, 5.74) is 1.15. The normalized spacial score (nSPS) is 10.6. The van der Waals surface area contributed by atoms with Gasteiger partial charge in [-0.2, -0.15) is 0 Å². The Balaban J connectivity index is 2.19. The highest BCUT2D eigenvalue weighted by atomic mass is 79.9. The second-order valence-corrected chi connectivity index (χ2v) is 6.94. The third kappa shape index (κ3) is 5.03. The van der Waals surface area contributed by atoms with Gasteiger partial charge in [0.1, 0.15) is 11.4 Å². The summed E-state index contributed by atoms with van der Waals surface area (Å²) in [5.74, 6) is 0.603. The summed E-state index contributed by atoms with van der Waals surface area (Å²) >= 11 is 3.38. The molecule has 0 heterocycles. The van der Waals surface area contributed by atoms with Crippen LogP contribution in [0.5, 0.6) is 5.75 Å². The third-order valence-electron chi connectivity index (χ3n) is 3.36. The molecule has 6 nitrogen and oxygen atoms in total. The fourth-order valence-corrected chi connectivity index (χ4v) is 2.60. The minimum atomic E-state index is -0.513. The molecule has 0 aliphatic rings. The number of hydrogen-bond donors (Lipinski definition) is 1. The zero-order chi connectivity index (χ0) is 18.6. The van der Waals surface area contributed by atoms with Crippen LogP contribution in [-0.2, 0) is 0 Å². The number of anilines is 1. The standard InChI is InChI=1S/C18H19BrN2O4/c1-11(2)10-25-17-7-5-13(9-14(17)19)18(22)20-15-6-4-12(3)8-16(15)21(23)24/h4-9,11H,10H2,1-3H3,(H,20,22). The zero-order valence-corrected chi connectivity index (χ0v) is 15.8. The number of carbonyl (C=O) groups is 1. The highest BCUT2D eigenvalue weighted by Gasteiger charge is 2.17. The minimum Gasteiger partial charge on any atom is -0.492 e. The van der Waals surface area contributed by atoms with E-state index < -0.39 is 10.8 Å². The van der Waals surface area contributed by atoms with Gasteiger partial charge in [-0.25, -0.2) is 0 Å². The Labute approximate surface area is 154 Å². The number of carbonyl (C=O) groups excluding carboxylic acids is 1. The van der Waals surface area contributed by atoms with E-state index in [0.717, 1.165) is 5.56 Å². The molecule has 0 saturated carbocycles. The molecule has 132 valence electrons. The Morgan fingerprint density at radius 1 is 1.28 bits per heavy atom. The number of nitrogens with zero attached hydrogens (tertiary/aromatic N) is 1. The largest absolute Gasteiger partial charge is 0.492 e. The molecule has 25 heavy (non-hydrogen) atoms. The Morgan fingerprint density at radius 3 is 2.60 bits per heavy atom. The molecular weight excluding hydrogens is 388 g/mol. The first-order valence-electron chi connectivity index (χ1n) is 7.76. The van der Waals surface area contributed by atoms with Crippen molar-refractivity contribution in [2.75, 3.05) is 11.9 Å². The lowest BCUT2D eigenvalue weighted by molar-refractivity contribution is -0.384. The van der Waals surface area contributed by atoms with Crippen molar-refractivity contribution in [3.8, 4) is 5.75 Å². The van der Waals surface area contributed by atoms with Gasteiger partial charge in [0.2, 0.25) is 0 Å². The fraction of sp³-hybridized carbons (Fsp3) is 0.278. The first-order valence-corrected chi connectivity index (χ1v) is 8.56. The molecule has 0 bridgehead atoms. The monoisotopic (exact) mass is 406 g/mol. The van der Waals surface area contributed by atoms with Crippen molar-refractivity contribution in [1.29, 1.82) is 0 Å². The molecule has 2 rings (SSSR count). The van der Waals surface area contributed by atoms with Crippen LogP contribution in [0, 0.1) is 23.0 Å². The van der Waals surface area contributed by atoms with Crippen LogP contribution >= 0.6 is 15.9 Å². The lowest BCUT2D eigenvalue weighted by Crippen LogP contribution is -2.13. The number of rotatable bonds is 6. The van der Waals surface area contributed by atoms with Crippen molar-refractivity contribution in [1.82, 2.24) is 0 Å². The summed E-state index contributed by atoms with van der Waals surface area (Å²) < 4.78 is 6.30. The Morgan fingerprint density at radius 2 is 2.00 bits per heavy atom. The van der Waals surface area contributed by atoms with E-state index in [1.165, 1.54) is 12.1 Å². The summed E-state index contributed by atoms with van der Waals surface area (Å²) in [6.07, 6.45) is 0. The second-order valence-electron chi connectivity index (χ2n) is 6.08. The third-order valence-corrected chi connectivity index (χ3v) is 3.98. The number of nitro benzene ring substituents is 1. The maximum atomic E-state index is 12.4. The van der Waals surface area contributed by atoms with Crippen molar-refractivity contribution >= 4 is 33.2 Å². The van der Waals surface area contributed by atoms with E-state index in [2.05, 4.69) is 21.2 Å². The van der Waals surface area contributed by atoms with Gasteiger partial charge in [0.25, 0.3) is 11.6 Å². The van der Waals surface area contributed by atoms with E-state index in [9.17, 15) is 14.9 Å². The molecule has 0 radical (unpaired) electrons. The van der Waals surface area contributed by atoms with Crippen molar-refractivity contribution in [3.63, 3.8) is 0 Å². The molecule has 0 unspecified atom stereocenters. The second kappa shape index (κ2) is 8.11. The fourth-order valence-electron chi connectivity index (χ4n) is 2.11. The molecule has 1 amide bonds. The number of benzene rings is 2. The van der Waals surface area contributed by atoms with Gasteiger partial charge in [0.15, 0.2) is 0 Å². The van der Waals surface area contributed by atoms with Gasteiger partial charge in [-0.05, 0) is 58.6 Å². The van der Waals surface area contributed by atoms with E-state index in [4.69, 9.17) is 4.74 Å². The predicted molar refractivity (Wildman–Crippen MR) is 100 cm³/mol. The molecule has 0 aliphatic heterocycles. The highest BCUT2D eigenvalue weighted by Crippen LogP contribution is 2.29. The summed E-state index contributed by atoms with van der Waals surface area (Å²) in [6, 6.07) is 9.61. The molecule has 0 atom stereocenters. The lowest BCUT2D eigenvalue weighted by atomic mass is 10.1. The van der Waals surface area contributed by atoms with E-state index in [0.29, 0.717) is 28.3 Å². The number of hydrogen-bond acceptors (Lipinski definition) is 4. The van der Waals surface area contributed by atoms with Gasteiger partial charge >= 0.3 is 0 Å². The van der Waals surface area contributed by atoms with Crippen LogP contribution in [0.15, 0.2) is 40.9 Å². The van der Waals surface area contributed by atoms with Crippen LogP contribution in [0.2, 0.25) is 0 Å². The minimum absolute atomic E-state index is 0.135. The number of aryl methyl sites for hydroxylation is 1. The molecule has 7 heteroatoms. The number of nitrogens with one attached hydrogen (secondary N) is 1. The van der Waals surface area contributed by atoms with E-state index in [1.54, 1.807) is 31.2 Å². The Hall–Kier alpha value is -2.41. The van der Waals surface area contributed by atoms with Crippen LogP contribution in [0.4, 0.5) is 11.4 Å². The summed E-state index contributed by atoms with van der Waals surface area (Å²) in [7, 11) is 0. The van der Waals surface area contributed by atoms with Crippen molar-refractivity contribution in [3.05, 3.63) is 62.1 Å². The molecule has 2 aromatic rings. The number of nitro groups is 1. The Kier molecular flexibility index (Phi) is 6.14. The number of amides is 1. The molecule has 1 N–H and O–H groups in total.